The predicted molar refractivity (Wildman–Crippen MR) is 135 cm³/mol. The molecule has 4 N–H and O–H groups in total. The van der Waals surface area contributed by atoms with Gasteiger partial charge in [-0.25, -0.2) is 0 Å². The highest BCUT2D eigenvalue weighted by Gasteiger charge is 2.30. The Morgan fingerprint density at radius 2 is 1.67 bits per heavy atom. The Morgan fingerprint density at radius 3 is 2.21 bits per heavy atom. The van der Waals surface area contributed by atoms with E-state index in [1.807, 2.05) is 0 Å². The number of hydrogen-bond donors (Lipinski definition) is 4. The molecule has 33 heavy (non-hydrogen) atoms. The van der Waals surface area contributed by atoms with Crippen LogP contribution in [0.3, 0.4) is 0 Å². The third kappa shape index (κ3) is 17.0. The van der Waals surface area contributed by atoms with Gasteiger partial charge in [-0.05, 0) is 69.2 Å². The summed E-state index contributed by atoms with van der Waals surface area (Å²) in [6, 6.07) is 0.418. The average Bonchev–Trinajstić information content (AvgIpc) is 2.75. The number of aliphatic hydroxyl groups excluding tert-OH is 1. The van der Waals surface area contributed by atoms with Crippen molar-refractivity contribution in [2.75, 3.05) is 13.2 Å². The number of aliphatic carboxylic acids is 2. The Kier molecular flexibility index (Phi) is 17.6. The van der Waals surface area contributed by atoms with Crippen molar-refractivity contribution in [2.24, 2.45) is 23.2 Å². The molecule has 0 spiro atoms. The molecule has 1 fully saturated rings. The van der Waals surface area contributed by atoms with E-state index in [0.29, 0.717) is 29.9 Å². The molecule has 1 rings (SSSR count). The highest BCUT2D eigenvalue weighted by atomic mass is 16.4. The molecule has 4 atom stereocenters. The molecule has 6 nitrogen and oxygen atoms in total. The lowest BCUT2D eigenvalue weighted by Gasteiger charge is -2.32. The molecule has 1 aliphatic heterocycles. The molecule has 0 aromatic carbocycles. The minimum atomic E-state index is -0.735. The molecule has 0 aromatic heterocycles. The smallest absolute Gasteiger partial charge is 0.306 e. The monoisotopic (exact) mass is 471 g/mol. The van der Waals surface area contributed by atoms with Crippen LogP contribution in [0.5, 0.6) is 0 Å². The third-order valence-electron chi connectivity index (χ3n) is 7.28. The molecule has 0 aromatic rings. The standard InChI is InChI=1S/C16H29NO4.C11H24O/c1-12-11-13(9-10-17-12)14(16(20)21)7-5-3-2-4-6-8-15(18)19;1-5-11(3,4)8-6-7-10(2)9-12/h12-14,17H,2-11H2,1H3,(H,18,19)(H,20,21);10,12H,5-9H2,1-4H3. The molecule has 6 heteroatoms. The highest BCUT2D eigenvalue weighted by Crippen LogP contribution is 2.29. The first-order chi connectivity index (χ1) is 15.5. The summed E-state index contributed by atoms with van der Waals surface area (Å²) in [7, 11) is 0. The van der Waals surface area contributed by atoms with Crippen molar-refractivity contribution in [3.8, 4) is 0 Å². The third-order valence-corrected chi connectivity index (χ3v) is 7.28. The molecular formula is C27H53NO5. The molecule has 0 amide bonds. The van der Waals surface area contributed by atoms with Gasteiger partial charge < -0.3 is 20.6 Å². The molecule has 1 saturated heterocycles. The van der Waals surface area contributed by atoms with Gasteiger partial charge in [0.15, 0.2) is 0 Å². The minimum absolute atomic E-state index is 0.214. The van der Waals surface area contributed by atoms with Crippen LogP contribution in [0.25, 0.3) is 0 Å². The average molecular weight is 472 g/mol. The summed E-state index contributed by atoms with van der Waals surface area (Å²) in [6.45, 7) is 12.4. The van der Waals surface area contributed by atoms with E-state index in [1.54, 1.807) is 0 Å². The van der Waals surface area contributed by atoms with E-state index in [0.717, 1.165) is 57.9 Å². The van der Waals surface area contributed by atoms with Crippen LogP contribution in [-0.2, 0) is 9.59 Å². The van der Waals surface area contributed by atoms with Crippen LogP contribution in [-0.4, -0.2) is 46.5 Å². The number of nitrogens with one attached hydrogen (secondary N) is 1. The molecular weight excluding hydrogens is 418 g/mol. The predicted octanol–water partition coefficient (Wildman–Crippen LogP) is 6.11. The number of carboxylic acid groups (broad SMARTS) is 2. The molecule has 0 aliphatic carbocycles. The van der Waals surface area contributed by atoms with Gasteiger partial charge in [0, 0.05) is 19.1 Å². The molecule has 0 saturated carbocycles. The zero-order chi connectivity index (χ0) is 25.3. The number of aliphatic hydroxyl groups is 1. The van der Waals surface area contributed by atoms with Gasteiger partial charge >= 0.3 is 11.9 Å². The van der Waals surface area contributed by atoms with E-state index in [1.165, 1.54) is 25.7 Å². The lowest BCUT2D eigenvalue weighted by Crippen LogP contribution is -2.40. The highest BCUT2D eigenvalue weighted by molar-refractivity contribution is 5.70. The second-order valence-electron chi connectivity index (χ2n) is 11.0. The first kappa shape index (κ1) is 31.9. The molecule has 0 radical (unpaired) electrons. The van der Waals surface area contributed by atoms with Gasteiger partial charge in [0.2, 0.25) is 0 Å². The fraction of sp³-hybridized carbons (Fsp3) is 0.926. The van der Waals surface area contributed by atoms with Gasteiger partial charge in [-0.15, -0.1) is 0 Å². The van der Waals surface area contributed by atoms with E-state index >= 15 is 0 Å². The van der Waals surface area contributed by atoms with Gasteiger partial charge in [0.05, 0.1) is 5.92 Å². The first-order valence-electron chi connectivity index (χ1n) is 13.3. The van der Waals surface area contributed by atoms with E-state index in [-0.39, 0.29) is 12.3 Å². The van der Waals surface area contributed by atoms with E-state index < -0.39 is 11.9 Å². The number of piperidine rings is 1. The van der Waals surface area contributed by atoms with Crippen molar-refractivity contribution in [3.63, 3.8) is 0 Å². The van der Waals surface area contributed by atoms with E-state index in [4.69, 9.17) is 10.2 Å². The maximum atomic E-state index is 11.5. The lowest BCUT2D eigenvalue weighted by atomic mass is 9.79. The van der Waals surface area contributed by atoms with Crippen molar-refractivity contribution in [1.29, 1.82) is 0 Å². The maximum absolute atomic E-state index is 11.5. The summed E-state index contributed by atoms with van der Waals surface area (Å²) in [5, 5.41) is 30.2. The molecule has 196 valence electrons. The van der Waals surface area contributed by atoms with Crippen molar-refractivity contribution < 1.29 is 24.9 Å². The Balaban J connectivity index is 0.000000728. The van der Waals surface area contributed by atoms with Crippen molar-refractivity contribution in [2.45, 2.75) is 124 Å². The van der Waals surface area contributed by atoms with Crippen molar-refractivity contribution in [1.82, 2.24) is 5.32 Å². The first-order valence-corrected chi connectivity index (χ1v) is 13.3. The molecule has 1 aliphatic rings. The summed E-state index contributed by atoms with van der Waals surface area (Å²) in [5.41, 5.74) is 0.495. The Hall–Kier alpha value is -1.14. The van der Waals surface area contributed by atoms with Crippen LogP contribution in [0.4, 0.5) is 0 Å². The lowest BCUT2D eigenvalue weighted by molar-refractivity contribution is -0.144. The summed E-state index contributed by atoms with van der Waals surface area (Å²) in [6.07, 6.45) is 12.5. The normalized spacial score (nSPS) is 20.4. The summed E-state index contributed by atoms with van der Waals surface area (Å²) in [4.78, 5) is 21.8. The zero-order valence-electron chi connectivity index (χ0n) is 22.1. The van der Waals surface area contributed by atoms with Gasteiger partial charge in [-0.1, -0.05) is 66.2 Å². The zero-order valence-corrected chi connectivity index (χ0v) is 22.1. The quantitative estimate of drug-likeness (QED) is 0.202. The van der Waals surface area contributed by atoms with Crippen LogP contribution >= 0.6 is 0 Å². The van der Waals surface area contributed by atoms with Crippen LogP contribution < -0.4 is 5.32 Å². The Bertz CT molecular complexity index is 523. The Morgan fingerprint density at radius 1 is 1.03 bits per heavy atom. The number of carboxylic acids is 2. The van der Waals surface area contributed by atoms with Crippen LogP contribution in [0.1, 0.15) is 118 Å². The second-order valence-corrected chi connectivity index (χ2v) is 11.0. The fourth-order valence-electron chi connectivity index (χ4n) is 4.46. The van der Waals surface area contributed by atoms with Gasteiger partial charge in [0.25, 0.3) is 0 Å². The van der Waals surface area contributed by atoms with Gasteiger partial charge in [0.1, 0.15) is 0 Å². The van der Waals surface area contributed by atoms with Crippen LogP contribution in [0.15, 0.2) is 0 Å². The minimum Gasteiger partial charge on any atom is -0.481 e. The van der Waals surface area contributed by atoms with Crippen LogP contribution in [0, 0.1) is 23.2 Å². The number of carbonyl (C=O) groups is 2. The van der Waals surface area contributed by atoms with Crippen molar-refractivity contribution >= 4 is 11.9 Å². The van der Waals surface area contributed by atoms with Gasteiger partial charge in [-0.2, -0.15) is 0 Å². The van der Waals surface area contributed by atoms with E-state index in [9.17, 15) is 14.7 Å². The summed E-state index contributed by atoms with van der Waals surface area (Å²) >= 11 is 0. The number of unbranched alkanes of at least 4 members (excludes halogenated alkanes) is 4. The topological polar surface area (TPSA) is 107 Å². The van der Waals surface area contributed by atoms with E-state index in [2.05, 4.69) is 39.9 Å². The number of rotatable bonds is 16. The SMILES string of the molecule is CC1CC(C(CCCCCCCC(=O)O)C(=O)O)CCN1.CCC(C)(C)CCCC(C)CO. The number of hydrogen-bond acceptors (Lipinski definition) is 4. The second kappa shape index (κ2) is 18.2. The van der Waals surface area contributed by atoms with Gasteiger partial charge in [-0.3, -0.25) is 9.59 Å². The largest absolute Gasteiger partial charge is 0.481 e. The van der Waals surface area contributed by atoms with Crippen molar-refractivity contribution in [3.05, 3.63) is 0 Å². The fourth-order valence-corrected chi connectivity index (χ4v) is 4.46. The molecule has 0 bridgehead atoms. The van der Waals surface area contributed by atoms with Crippen LogP contribution in [0.2, 0.25) is 0 Å². The summed E-state index contributed by atoms with van der Waals surface area (Å²) < 4.78 is 0. The molecule has 4 unspecified atom stereocenters. The summed E-state index contributed by atoms with van der Waals surface area (Å²) in [5.74, 6) is -0.821. The molecule has 1 heterocycles. The maximum Gasteiger partial charge on any atom is 0.306 e. The Labute approximate surface area is 202 Å².